The van der Waals surface area contributed by atoms with Crippen molar-refractivity contribution in [3.05, 3.63) is 119 Å². The Hall–Kier alpha value is -3.81. The average molecular weight is 521 g/mol. The minimum atomic E-state index is -3.86. The smallest absolute Gasteiger partial charge is 0.264 e. The van der Waals surface area contributed by atoms with Crippen molar-refractivity contribution in [3.8, 4) is 5.75 Å². The van der Waals surface area contributed by atoms with E-state index in [0.717, 1.165) is 11.1 Å². The Labute approximate surface area is 216 Å². The second-order valence-corrected chi connectivity index (χ2v) is 10.4. The number of hydrogen-bond acceptors (Lipinski definition) is 4. The van der Waals surface area contributed by atoms with Crippen LogP contribution in [0.4, 0.5) is 11.4 Å². The normalized spacial score (nSPS) is 11.1. The predicted octanol–water partition coefficient (Wildman–Crippen LogP) is 6.06. The van der Waals surface area contributed by atoms with Gasteiger partial charge >= 0.3 is 0 Å². The lowest BCUT2D eigenvalue weighted by Crippen LogP contribution is -2.30. The van der Waals surface area contributed by atoms with Crippen molar-refractivity contribution in [1.82, 2.24) is 0 Å². The molecule has 0 bridgehead atoms. The number of anilines is 2. The number of sulfonamides is 1. The number of halogens is 1. The summed E-state index contributed by atoms with van der Waals surface area (Å²) in [5.41, 5.74) is 2.90. The number of para-hydroxylation sites is 1. The van der Waals surface area contributed by atoms with Crippen LogP contribution >= 0.6 is 11.6 Å². The predicted molar refractivity (Wildman–Crippen MR) is 143 cm³/mol. The molecule has 184 valence electrons. The summed E-state index contributed by atoms with van der Waals surface area (Å²) in [7, 11) is -3.86. The van der Waals surface area contributed by atoms with Crippen molar-refractivity contribution in [2.75, 3.05) is 16.2 Å². The monoisotopic (exact) mass is 520 g/mol. The molecule has 0 unspecified atom stereocenters. The van der Waals surface area contributed by atoms with Crippen molar-refractivity contribution in [2.24, 2.45) is 0 Å². The second kappa shape index (κ2) is 11.3. The van der Waals surface area contributed by atoms with Gasteiger partial charge in [-0.15, -0.1) is 0 Å². The van der Waals surface area contributed by atoms with Crippen LogP contribution in [-0.2, 0) is 21.4 Å². The van der Waals surface area contributed by atoms with Crippen molar-refractivity contribution in [1.29, 1.82) is 0 Å². The lowest BCUT2D eigenvalue weighted by Gasteiger charge is -2.25. The second-order valence-electron chi connectivity index (χ2n) is 8.15. The molecule has 4 aromatic rings. The highest BCUT2D eigenvalue weighted by molar-refractivity contribution is 7.92. The fraction of sp³-hybridized carbons (Fsp3) is 0.107. The number of nitrogens with zero attached hydrogens (tertiary/aromatic N) is 1. The molecule has 0 saturated carbocycles. The molecule has 4 rings (SSSR count). The summed E-state index contributed by atoms with van der Waals surface area (Å²) in [5.74, 6) is 0.151. The first-order chi connectivity index (χ1) is 17.3. The minimum Gasteiger partial charge on any atom is -0.484 e. The molecule has 0 saturated heterocycles. The topological polar surface area (TPSA) is 75.7 Å². The van der Waals surface area contributed by atoms with Gasteiger partial charge in [0, 0.05) is 10.7 Å². The Morgan fingerprint density at radius 1 is 0.861 bits per heavy atom. The summed E-state index contributed by atoms with van der Waals surface area (Å²) in [6.45, 7) is 1.85. The molecule has 0 aromatic heterocycles. The zero-order valence-corrected chi connectivity index (χ0v) is 21.2. The first-order valence-electron chi connectivity index (χ1n) is 11.2. The zero-order valence-electron chi connectivity index (χ0n) is 19.6. The molecule has 36 heavy (non-hydrogen) atoms. The maximum absolute atomic E-state index is 13.6. The summed E-state index contributed by atoms with van der Waals surface area (Å²) < 4.78 is 34.1. The molecule has 6 nitrogen and oxygen atoms in total. The number of nitrogens with one attached hydrogen (secondary N) is 1. The highest BCUT2D eigenvalue weighted by Gasteiger charge is 2.25. The first-order valence-corrected chi connectivity index (χ1v) is 13.0. The summed E-state index contributed by atoms with van der Waals surface area (Å²) in [6, 6.07) is 29.5. The maximum Gasteiger partial charge on any atom is 0.264 e. The van der Waals surface area contributed by atoms with E-state index in [1.165, 1.54) is 4.31 Å². The quantitative estimate of drug-likeness (QED) is 0.291. The van der Waals surface area contributed by atoms with E-state index in [4.69, 9.17) is 16.3 Å². The third-order valence-electron chi connectivity index (χ3n) is 5.40. The van der Waals surface area contributed by atoms with Gasteiger partial charge in [0.05, 0.1) is 17.1 Å². The standard InChI is InChI=1S/C28H25ClN2O4S/c1-21-7-17-27(18-8-21)36(33,34)31(19-22-9-11-23(29)12-10-22)25-13-15-26(16-14-25)35-20-28(32)30-24-5-3-2-4-6-24/h2-18H,19-20H2,1H3,(H,30,32). The summed E-state index contributed by atoms with van der Waals surface area (Å²) >= 11 is 6.01. The molecule has 0 radical (unpaired) electrons. The number of aryl methyl sites for hydroxylation is 1. The highest BCUT2D eigenvalue weighted by Crippen LogP contribution is 2.28. The molecule has 0 aliphatic heterocycles. The van der Waals surface area contributed by atoms with E-state index in [0.29, 0.717) is 22.1 Å². The Kier molecular flexibility index (Phi) is 7.93. The Morgan fingerprint density at radius 2 is 1.50 bits per heavy atom. The Bertz CT molecular complexity index is 1410. The molecule has 1 N–H and O–H groups in total. The fourth-order valence-electron chi connectivity index (χ4n) is 3.48. The third-order valence-corrected chi connectivity index (χ3v) is 7.44. The van der Waals surface area contributed by atoms with E-state index < -0.39 is 10.0 Å². The number of rotatable bonds is 9. The van der Waals surface area contributed by atoms with Crippen LogP contribution in [0.15, 0.2) is 108 Å². The van der Waals surface area contributed by atoms with Crippen LogP contribution in [0.2, 0.25) is 5.02 Å². The molecular formula is C28H25ClN2O4S. The highest BCUT2D eigenvalue weighted by atomic mass is 35.5. The van der Waals surface area contributed by atoms with Crippen LogP contribution in [-0.4, -0.2) is 20.9 Å². The number of hydrogen-bond donors (Lipinski definition) is 1. The number of amides is 1. The van der Waals surface area contributed by atoms with Gasteiger partial charge in [0.15, 0.2) is 6.61 Å². The molecule has 8 heteroatoms. The molecule has 4 aromatic carbocycles. The van der Waals surface area contributed by atoms with Crippen LogP contribution in [0.3, 0.4) is 0 Å². The van der Waals surface area contributed by atoms with E-state index in [-0.39, 0.29) is 24.0 Å². The molecule has 1 amide bonds. The SMILES string of the molecule is Cc1ccc(S(=O)(=O)N(Cc2ccc(Cl)cc2)c2ccc(OCC(=O)Nc3ccccc3)cc2)cc1. The average Bonchev–Trinajstić information content (AvgIpc) is 2.88. The van der Waals surface area contributed by atoms with Crippen molar-refractivity contribution in [2.45, 2.75) is 18.4 Å². The van der Waals surface area contributed by atoms with Gasteiger partial charge in [-0.2, -0.15) is 0 Å². The minimum absolute atomic E-state index is 0.118. The summed E-state index contributed by atoms with van der Waals surface area (Å²) in [6.07, 6.45) is 0. The molecule has 0 atom stereocenters. The van der Waals surface area contributed by atoms with E-state index in [1.807, 2.05) is 25.1 Å². The van der Waals surface area contributed by atoms with Crippen LogP contribution in [0.25, 0.3) is 0 Å². The van der Waals surface area contributed by atoms with Crippen molar-refractivity contribution >= 4 is 38.9 Å². The summed E-state index contributed by atoms with van der Waals surface area (Å²) in [5, 5.41) is 3.33. The van der Waals surface area contributed by atoms with E-state index >= 15 is 0 Å². The molecule has 0 fully saturated rings. The van der Waals surface area contributed by atoms with Gasteiger partial charge in [0.1, 0.15) is 5.75 Å². The molecule has 0 heterocycles. The lowest BCUT2D eigenvalue weighted by molar-refractivity contribution is -0.118. The third kappa shape index (κ3) is 6.44. The lowest BCUT2D eigenvalue weighted by atomic mass is 10.2. The van der Waals surface area contributed by atoms with Crippen LogP contribution in [0, 0.1) is 6.92 Å². The molecule has 0 aliphatic rings. The van der Waals surface area contributed by atoms with Crippen LogP contribution < -0.4 is 14.4 Å². The molecule has 0 aliphatic carbocycles. The van der Waals surface area contributed by atoms with Crippen LogP contribution in [0.5, 0.6) is 5.75 Å². The fourth-order valence-corrected chi connectivity index (χ4v) is 5.06. The van der Waals surface area contributed by atoms with E-state index in [9.17, 15) is 13.2 Å². The molecule has 0 spiro atoms. The Morgan fingerprint density at radius 3 is 2.14 bits per heavy atom. The van der Waals surface area contributed by atoms with Gasteiger partial charge in [0.25, 0.3) is 15.9 Å². The van der Waals surface area contributed by atoms with Crippen molar-refractivity contribution in [3.63, 3.8) is 0 Å². The van der Waals surface area contributed by atoms with Crippen LogP contribution in [0.1, 0.15) is 11.1 Å². The molecular weight excluding hydrogens is 496 g/mol. The largest absolute Gasteiger partial charge is 0.484 e. The Balaban J connectivity index is 1.53. The van der Waals surface area contributed by atoms with E-state index in [2.05, 4.69) is 5.32 Å². The van der Waals surface area contributed by atoms with Gasteiger partial charge < -0.3 is 10.1 Å². The first kappa shape index (κ1) is 25.3. The summed E-state index contributed by atoms with van der Waals surface area (Å²) in [4.78, 5) is 12.4. The van der Waals surface area contributed by atoms with Gasteiger partial charge in [-0.1, -0.05) is 59.6 Å². The number of carbonyl (C=O) groups excluding carboxylic acids is 1. The van der Waals surface area contributed by atoms with Gasteiger partial charge in [-0.3, -0.25) is 9.10 Å². The maximum atomic E-state index is 13.6. The zero-order chi connectivity index (χ0) is 25.5. The van der Waals surface area contributed by atoms with E-state index in [1.54, 1.807) is 84.9 Å². The number of ether oxygens (including phenoxy) is 1. The van der Waals surface area contributed by atoms with Gasteiger partial charge in [-0.05, 0) is 73.2 Å². The number of benzene rings is 4. The van der Waals surface area contributed by atoms with Gasteiger partial charge in [-0.25, -0.2) is 8.42 Å². The van der Waals surface area contributed by atoms with Crippen molar-refractivity contribution < 1.29 is 17.9 Å². The number of carbonyl (C=O) groups is 1. The van der Waals surface area contributed by atoms with Gasteiger partial charge in [0.2, 0.25) is 0 Å².